The highest BCUT2D eigenvalue weighted by atomic mass is 16.5. The molecule has 1 fully saturated rings. The van der Waals surface area contributed by atoms with Crippen LogP contribution in [0.5, 0.6) is 0 Å². The van der Waals surface area contributed by atoms with Crippen LogP contribution in [0.4, 0.5) is 0 Å². The molecule has 5 rings (SSSR count). The molecule has 5 heteroatoms. The standard InChI is InChI=1S/C27H26N2O3/c1-31-27(30)24-22-14-8-9-15-29(22)26(23(24)20-10-4-2-5-11-20)25(21-12-6-3-7-13-21)28-16-18-32-19-17-28/h2-15,25H,16-19H2,1H3/t25-/m0/s1. The van der Waals surface area contributed by atoms with Crippen LogP contribution < -0.4 is 0 Å². The van der Waals surface area contributed by atoms with Gasteiger partial charge >= 0.3 is 5.97 Å². The van der Waals surface area contributed by atoms with Crippen LogP contribution in [0.2, 0.25) is 0 Å². The number of hydrogen-bond acceptors (Lipinski definition) is 4. The molecule has 0 N–H and O–H groups in total. The van der Waals surface area contributed by atoms with E-state index < -0.39 is 0 Å². The predicted octanol–water partition coefficient (Wildman–Crippen LogP) is 4.81. The Labute approximate surface area is 187 Å². The highest BCUT2D eigenvalue weighted by Gasteiger charge is 2.33. The first kappa shape index (κ1) is 20.5. The van der Waals surface area contributed by atoms with Crippen LogP contribution >= 0.6 is 0 Å². The maximum Gasteiger partial charge on any atom is 0.340 e. The van der Waals surface area contributed by atoms with Crippen LogP contribution in [0.1, 0.15) is 27.7 Å². The number of nitrogens with zero attached hydrogens (tertiary/aromatic N) is 2. The van der Waals surface area contributed by atoms with Gasteiger partial charge in [0.25, 0.3) is 0 Å². The fraction of sp³-hybridized carbons (Fsp3) is 0.222. The molecule has 1 aliphatic rings. The number of pyridine rings is 1. The molecule has 3 heterocycles. The zero-order chi connectivity index (χ0) is 21.9. The van der Waals surface area contributed by atoms with Crippen LogP contribution in [0.25, 0.3) is 16.6 Å². The number of hydrogen-bond donors (Lipinski definition) is 0. The zero-order valence-corrected chi connectivity index (χ0v) is 18.1. The number of aromatic nitrogens is 1. The predicted molar refractivity (Wildman–Crippen MR) is 125 cm³/mol. The van der Waals surface area contributed by atoms with Gasteiger partial charge in [-0.2, -0.15) is 0 Å². The third-order valence-electron chi connectivity index (χ3n) is 6.12. The molecular formula is C27H26N2O3. The summed E-state index contributed by atoms with van der Waals surface area (Å²) < 4.78 is 13.1. The normalized spacial score (nSPS) is 15.5. The number of carbonyl (C=O) groups excluding carboxylic acids is 1. The summed E-state index contributed by atoms with van der Waals surface area (Å²) in [6.45, 7) is 3.02. The Morgan fingerprint density at radius 1 is 0.906 bits per heavy atom. The van der Waals surface area contributed by atoms with E-state index in [4.69, 9.17) is 9.47 Å². The highest BCUT2D eigenvalue weighted by Crippen LogP contribution is 2.41. The van der Waals surface area contributed by atoms with Crippen molar-refractivity contribution in [3.8, 4) is 11.1 Å². The van der Waals surface area contributed by atoms with Gasteiger partial charge in [0.15, 0.2) is 0 Å². The van der Waals surface area contributed by atoms with Gasteiger partial charge in [-0.25, -0.2) is 4.79 Å². The van der Waals surface area contributed by atoms with E-state index in [1.807, 2.05) is 48.7 Å². The summed E-state index contributed by atoms with van der Waals surface area (Å²) in [7, 11) is 1.44. The minimum Gasteiger partial charge on any atom is -0.465 e. The molecule has 0 unspecified atom stereocenters. The lowest BCUT2D eigenvalue weighted by atomic mass is 9.93. The van der Waals surface area contributed by atoms with Crippen molar-refractivity contribution >= 4 is 11.5 Å². The number of rotatable bonds is 5. The second-order valence-corrected chi connectivity index (χ2v) is 7.91. The van der Waals surface area contributed by atoms with Crippen molar-refractivity contribution in [3.63, 3.8) is 0 Å². The summed E-state index contributed by atoms with van der Waals surface area (Å²) in [6.07, 6.45) is 2.04. The lowest BCUT2D eigenvalue weighted by Gasteiger charge is -2.35. The maximum atomic E-state index is 13.1. The Morgan fingerprint density at radius 3 is 2.25 bits per heavy atom. The van der Waals surface area contributed by atoms with Crippen LogP contribution in [0.15, 0.2) is 85.1 Å². The molecule has 1 saturated heterocycles. The van der Waals surface area contributed by atoms with Gasteiger partial charge < -0.3 is 13.9 Å². The number of benzene rings is 2. The highest BCUT2D eigenvalue weighted by molar-refractivity contribution is 6.06. The van der Waals surface area contributed by atoms with Gasteiger partial charge in [-0.3, -0.25) is 4.90 Å². The summed E-state index contributed by atoms with van der Waals surface area (Å²) in [4.78, 5) is 15.5. The van der Waals surface area contributed by atoms with E-state index in [2.05, 4.69) is 45.7 Å². The SMILES string of the molecule is COC(=O)c1c(-c2ccccc2)c([C@H](c2ccccc2)N2CCOCC2)n2ccccc12. The molecule has 1 aliphatic heterocycles. The van der Waals surface area contributed by atoms with Crippen molar-refractivity contribution in [1.82, 2.24) is 9.30 Å². The van der Waals surface area contributed by atoms with Crippen molar-refractivity contribution in [2.45, 2.75) is 6.04 Å². The van der Waals surface area contributed by atoms with E-state index in [0.29, 0.717) is 18.8 Å². The maximum absolute atomic E-state index is 13.1. The molecule has 162 valence electrons. The Kier molecular flexibility index (Phi) is 5.75. The summed E-state index contributed by atoms with van der Waals surface area (Å²) in [5.74, 6) is -0.326. The smallest absolute Gasteiger partial charge is 0.340 e. The Balaban J connectivity index is 1.86. The van der Waals surface area contributed by atoms with Gasteiger partial charge in [0.05, 0.1) is 43.1 Å². The van der Waals surface area contributed by atoms with E-state index >= 15 is 0 Å². The molecule has 4 aromatic rings. The molecule has 5 nitrogen and oxygen atoms in total. The Bertz CT molecular complexity index is 1210. The molecule has 0 bridgehead atoms. The van der Waals surface area contributed by atoms with E-state index in [1.165, 1.54) is 12.7 Å². The zero-order valence-electron chi connectivity index (χ0n) is 18.1. The van der Waals surface area contributed by atoms with Crippen LogP contribution in [0.3, 0.4) is 0 Å². The number of carbonyl (C=O) groups is 1. The summed E-state index contributed by atoms with van der Waals surface area (Å²) >= 11 is 0. The van der Waals surface area contributed by atoms with Crippen LogP contribution in [-0.2, 0) is 9.47 Å². The second-order valence-electron chi connectivity index (χ2n) is 7.91. The number of ether oxygens (including phenoxy) is 2. The fourth-order valence-corrected chi connectivity index (χ4v) is 4.72. The van der Waals surface area contributed by atoms with Gasteiger partial charge in [0, 0.05) is 24.8 Å². The summed E-state index contributed by atoms with van der Waals surface area (Å²) in [5, 5.41) is 0. The van der Waals surface area contributed by atoms with E-state index in [0.717, 1.165) is 35.4 Å². The molecular weight excluding hydrogens is 400 g/mol. The van der Waals surface area contributed by atoms with Crippen molar-refractivity contribution in [2.75, 3.05) is 33.4 Å². The molecule has 2 aromatic heterocycles. The van der Waals surface area contributed by atoms with Gasteiger partial charge in [-0.05, 0) is 23.3 Å². The van der Waals surface area contributed by atoms with Crippen LogP contribution in [-0.4, -0.2) is 48.7 Å². The van der Waals surface area contributed by atoms with Gasteiger partial charge in [0.2, 0.25) is 0 Å². The fourth-order valence-electron chi connectivity index (χ4n) is 4.72. The topological polar surface area (TPSA) is 43.2 Å². The first-order valence-electron chi connectivity index (χ1n) is 10.9. The molecule has 32 heavy (non-hydrogen) atoms. The molecule has 0 radical (unpaired) electrons. The minimum absolute atomic E-state index is 0.0383. The number of fused-ring (bicyclic) bond motifs is 1. The van der Waals surface area contributed by atoms with E-state index in [1.54, 1.807) is 0 Å². The monoisotopic (exact) mass is 426 g/mol. The Hall–Kier alpha value is -3.41. The Morgan fingerprint density at radius 2 is 1.56 bits per heavy atom. The number of morpholine rings is 1. The first-order valence-corrected chi connectivity index (χ1v) is 10.9. The molecule has 0 saturated carbocycles. The average Bonchev–Trinajstić information content (AvgIpc) is 3.20. The quantitative estimate of drug-likeness (QED) is 0.430. The number of methoxy groups -OCH3 is 1. The van der Waals surface area contributed by atoms with Crippen molar-refractivity contribution in [3.05, 3.63) is 102 Å². The molecule has 0 aliphatic carbocycles. The van der Waals surface area contributed by atoms with E-state index in [9.17, 15) is 4.79 Å². The lowest BCUT2D eigenvalue weighted by molar-refractivity contribution is 0.0232. The van der Waals surface area contributed by atoms with Gasteiger partial charge in [0.1, 0.15) is 0 Å². The summed E-state index contributed by atoms with van der Waals surface area (Å²) in [5.41, 5.74) is 5.63. The van der Waals surface area contributed by atoms with Gasteiger partial charge in [-0.15, -0.1) is 0 Å². The molecule has 2 aromatic carbocycles. The largest absolute Gasteiger partial charge is 0.465 e. The van der Waals surface area contributed by atoms with Crippen molar-refractivity contribution in [2.24, 2.45) is 0 Å². The molecule has 0 spiro atoms. The average molecular weight is 427 g/mol. The lowest BCUT2D eigenvalue weighted by Crippen LogP contribution is -2.40. The molecule has 0 amide bonds. The first-order chi connectivity index (χ1) is 15.8. The van der Waals surface area contributed by atoms with E-state index in [-0.39, 0.29) is 12.0 Å². The minimum atomic E-state index is -0.326. The number of esters is 1. The molecule has 1 atom stereocenters. The van der Waals surface area contributed by atoms with Crippen LogP contribution in [0, 0.1) is 0 Å². The third kappa shape index (κ3) is 3.60. The third-order valence-corrected chi connectivity index (χ3v) is 6.12. The van der Waals surface area contributed by atoms with Gasteiger partial charge in [-0.1, -0.05) is 66.7 Å². The van der Waals surface area contributed by atoms with Crippen molar-refractivity contribution < 1.29 is 14.3 Å². The summed E-state index contributed by atoms with van der Waals surface area (Å²) in [6, 6.07) is 26.6. The van der Waals surface area contributed by atoms with Crippen molar-refractivity contribution in [1.29, 1.82) is 0 Å². The second kappa shape index (κ2) is 8.99.